The van der Waals surface area contributed by atoms with E-state index in [9.17, 15) is 0 Å². The van der Waals surface area contributed by atoms with E-state index in [0.717, 1.165) is 5.92 Å². The van der Waals surface area contributed by atoms with Gasteiger partial charge in [-0.25, -0.2) is 0 Å². The van der Waals surface area contributed by atoms with Crippen molar-refractivity contribution in [3.8, 4) is 0 Å². The summed E-state index contributed by atoms with van der Waals surface area (Å²) in [5.41, 5.74) is 0. The molecule has 1 unspecified atom stereocenters. The van der Waals surface area contributed by atoms with E-state index >= 15 is 0 Å². The van der Waals surface area contributed by atoms with Crippen molar-refractivity contribution in [2.24, 2.45) is 23.7 Å². The molecule has 3 rings (SSSR count). The second kappa shape index (κ2) is 1.70. The van der Waals surface area contributed by atoms with E-state index in [4.69, 9.17) is 0 Å². The van der Waals surface area contributed by atoms with Gasteiger partial charge in [-0.2, -0.15) is 0 Å². The van der Waals surface area contributed by atoms with Crippen LogP contribution in [-0.4, -0.2) is 7.85 Å². The normalized spacial score (nSPS) is 65.9. The molecule has 0 N–H and O–H groups in total. The largest absolute Gasteiger partial charge is 0.109 e. The molecule has 0 aliphatic heterocycles. The van der Waals surface area contributed by atoms with Gasteiger partial charge in [-0.05, 0) is 36.5 Å². The summed E-state index contributed by atoms with van der Waals surface area (Å²) >= 11 is 0. The van der Waals surface area contributed by atoms with Gasteiger partial charge in [0.05, 0.1) is 0 Å². The van der Waals surface area contributed by atoms with Gasteiger partial charge in [0.2, 0.25) is 0 Å². The molecule has 3 aliphatic rings. The third-order valence-electron chi connectivity index (χ3n) is 4.88. The Kier molecular flexibility index (Phi) is 1.01. The molecule has 0 aromatic carbocycles. The number of hydrogen-bond acceptors (Lipinski definition) is 0. The minimum atomic E-state index is 0.715. The maximum absolute atomic E-state index is 2.49. The Morgan fingerprint density at radius 3 is 2.27 bits per heavy atom. The molecule has 0 bridgehead atoms. The van der Waals surface area contributed by atoms with Crippen molar-refractivity contribution in [2.75, 3.05) is 0 Å². The number of fused-ring (bicyclic) bond motifs is 4. The molecule has 0 amide bonds. The highest BCUT2D eigenvalue weighted by molar-refractivity contribution is 6.15. The summed E-state index contributed by atoms with van der Waals surface area (Å²) in [6.45, 7) is 2.49. The standard InChI is InChI=1S/C10H17B/c1-10(11)5-4-8-6-2-3-7(6)9(8)10/h6-9H,2-5,11H2,1H3/t6-,7+,8-,9?,10-/m0/s1. The summed E-state index contributed by atoms with van der Waals surface area (Å²) in [4.78, 5) is 0. The van der Waals surface area contributed by atoms with E-state index in [1.807, 2.05) is 0 Å². The second-order valence-corrected chi connectivity index (χ2v) is 5.62. The lowest BCUT2D eigenvalue weighted by molar-refractivity contribution is -0.0930. The highest BCUT2D eigenvalue weighted by Crippen LogP contribution is 2.71. The average Bonchev–Trinajstić information content (AvgIpc) is 2.10. The van der Waals surface area contributed by atoms with Crippen molar-refractivity contribution in [2.45, 2.75) is 37.9 Å². The van der Waals surface area contributed by atoms with Gasteiger partial charge in [0, 0.05) is 0 Å². The molecule has 0 saturated heterocycles. The van der Waals surface area contributed by atoms with Crippen LogP contribution < -0.4 is 0 Å². The predicted molar refractivity (Wildman–Crippen MR) is 49.3 cm³/mol. The Morgan fingerprint density at radius 2 is 1.73 bits per heavy atom. The lowest BCUT2D eigenvalue weighted by atomic mass is 9.41. The van der Waals surface area contributed by atoms with Crippen LogP contribution in [0.5, 0.6) is 0 Å². The monoisotopic (exact) mass is 148 g/mol. The molecule has 1 heteroatoms. The molecular weight excluding hydrogens is 131 g/mol. The van der Waals surface area contributed by atoms with Gasteiger partial charge in [-0.3, -0.25) is 0 Å². The summed E-state index contributed by atoms with van der Waals surface area (Å²) < 4.78 is 0. The molecule has 0 spiro atoms. The first-order valence-electron chi connectivity index (χ1n) is 5.20. The van der Waals surface area contributed by atoms with Crippen LogP contribution in [0.2, 0.25) is 5.31 Å². The van der Waals surface area contributed by atoms with E-state index in [0.29, 0.717) is 5.31 Å². The molecule has 3 fully saturated rings. The van der Waals surface area contributed by atoms with Crippen molar-refractivity contribution >= 4 is 7.85 Å². The van der Waals surface area contributed by atoms with E-state index in [1.54, 1.807) is 19.3 Å². The fraction of sp³-hybridized carbons (Fsp3) is 1.00. The zero-order valence-corrected chi connectivity index (χ0v) is 7.64. The second-order valence-electron chi connectivity index (χ2n) is 5.62. The molecule has 0 heterocycles. The van der Waals surface area contributed by atoms with Crippen molar-refractivity contribution in [3.63, 3.8) is 0 Å². The first-order chi connectivity index (χ1) is 5.20. The summed E-state index contributed by atoms with van der Waals surface area (Å²) in [7, 11) is 2.49. The molecule has 0 aromatic rings. The zero-order chi connectivity index (χ0) is 7.64. The fourth-order valence-electron chi connectivity index (χ4n) is 4.23. The van der Waals surface area contributed by atoms with Gasteiger partial charge >= 0.3 is 0 Å². The highest BCUT2D eigenvalue weighted by Gasteiger charge is 2.62. The van der Waals surface area contributed by atoms with Crippen LogP contribution in [0.3, 0.4) is 0 Å². The Balaban J connectivity index is 1.88. The summed E-state index contributed by atoms with van der Waals surface area (Å²) in [5, 5.41) is 0.715. The third-order valence-corrected chi connectivity index (χ3v) is 4.88. The summed E-state index contributed by atoms with van der Waals surface area (Å²) in [6, 6.07) is 0. The maximum Gasteiger partial charge on any atom is 0.109 e. The van der Waals surface area contributed by atoms with Gasteiger partial charge in [-0.1, -0.05) is 25.1 Å². The first-order valence-corrected chi connectivity index (χ1v) is 5.20. The maximum atomic E-state index is 2.49. The molecule has 0 nitrogen and oxygen atoms in total. The fourth-order valence-corrected chi connectivity index (χ4v) is 4.23. The summed E-state index contributed by atoms with van der Waals surface area (Å²) in [6.07, 6.45) is 6.20. The number of hydrogen-bond donors (Lipinski definition) is 0. The lowest BCUT2D eigenvalue weighted by Crippen LogP contribution is -2.53. The molecule has 11 heavy (non-hydrogen) atoms. The van der Waals surface area contributed by atoms with Crippen molar-refractivity contribution in [1.29, 1.82) is 0 Å². The Labute approximate surface area is 70.2 Å². The zero-order valence-electron chi connectivity index (χ0n) is 7.64. The van der Waals surface area contributed by atoms with Crippen molar-refractivity contribution < 1.29 is 0 Å². The Bertz CT molecular complexity index is 197. The van der Waals surface area contributed by atoms with E-state index in [-0.39, 0.29) is 0 Å². The van der Waals surface area contributed by atoms with Crippen molar-refractivity contribution in [3.05, 3.63) is 0 Å². The highest BCUT2D eigenvalue weighted by atomic mass is 14.7. The number of rotatable bonds is 0. The Hall–Kier alpha value is 0.0649. The van der Waals surface area contributed by atoms with Gasteiger partial charge in [0.1, 0.15) is 7.85 Å². The van der Waals surface area contributed by atoms with E-state index < -0.39 is 0 Å². The average molecular weight is 148 g/mol. The van der Waals surface area contributed by atoms with Crippen LogP contribution in [0, 0.1) is 23.7 Å². The molecule has 0 aromatic heterocycles. The Morgan fingerprint density at radius 1 is 1.09 bits per heavy atom. The van der Waals surface area contributed by atoms with Crippen LogP contribution in [0.4, 0.5) is 0 Å². The molecule has 3 saturated carbocycles. The van der Waals surface area contributed by atoms with E-state index in [1.165, 1.54) is 24.2 Å². The topological polar surface area (TPSA) is 0 Å². The van der Waals surface area contributed by atoms with Gasteiger partial charge in [-0.15, -0.1) is 0 Å². The van der Waals surface area contributed by atoms with Crippen molar-refractivity contribution in [1.82, 2.24) is 0 Å². The van der Waals surface area contributed by atoms with Gasteiger partial charge in [0.15, 0.2) is 0 Å². The minimum absolute atomic E-state index is 0.715. The molecule has 5 atom stereocenters. The predicted octanol–water partition coefficient (Wildman–Crippen LogP) is 1.86. The molecule has 0 radical (unpaired) electrons. The van der Waals surface area contributed by atoms with Crippen LogP contribution in [-0.2, 0) is 0 Å². The summed E-state index contributed by atoms with van der Waals surface area (Å²) in [5.74, 6) is 4.68. The van der Waals surface area contributed by atoms with Gasteiger partial charge in [0.25, 0.3) is 0 Å². The minimum Gasteiger partial charge on any atom is -0.0667 e. The van der Waals surface area contributed by atoms with Crippen LogP contribution in [0.15, 0.2) is 0 Å². The van der Waals surface area contributed by atoms with Crippen LogP contribution in [0.25, 0.3) is 0 Å². The van der Waals surface area contributed by atoms with Crippen LogP contribution >= 0.6 is 0 Å². The SMILES string of the molecule is B[C@@]1(C)CC[C@@H]2C1[C@@H]1CC[C@H]21. The quantitative estimate of drug-likeness (QED) is 0.460. The first kappa shape index (κ1) is 6.57. The van der Waals surface area contributed by atoms with Crippen LogP contribution in [0.1, 0.15) is 32.6 Å². The molecular formula is C10H17B. The molecule has 60 valence electrons. The van der Waals surface area contributed by atoms with E-state index in [2.05, 4.69) is 14.8 Å². The lowest BCUT2D eigenvalue weighted by Gasteiger charge is -2.60. The smallest absolute Gasteiger partial charge is 0.0667 e. The van der Waals surface area contributed by atoms with Gasteiger partial charge < -0.3 is 0 Å². The molecule has 3 aliphatic carbocycles. The third kappa shape index (κ3) is 0.599.